The maximum Gasteiger partial charge on any atom is 0.129 e. The second kappa shape index (κ2) is 5.08. The molecule has 0 N–H and O–H groups in total. The normalized spacial score (nSPS) is 11.2. The molecule has 1 heterocycles. The highest BCUT2D eigenvalue weighted by Gasteiger charge is 2.15. The summed E-state index contributed by atoms with van der Waals surface area (Å²) in [4.78, 5) is 4.55. The van der Waals surface area contributed by atoms with Gasteiger partial charge >= 0.3 is 0 Å². The Balaban J connectivity index is 2.37. The Labute approximate surface area is 125 Å². The lowest BCUT2D eigenvalue weighted by molar-refractivity contribution is 0.627. The quantitative estimate of drug-likeness (QED) is 0.618. The van der Waals surface area contributed by atoms with Crippen molar-refractivity contribution in [1.29, 1.82) is 0 Å². The Kier molecular flexibility index (Phi) is 3.40. The molecule has 102 valence electrons. The number of alkyl halides is 1. The van der Waals surface area contributed by atoms with Gasteiger partial charge in [-0.2, -0.15) is 0 Å². The molecule has 20 heavy (non-hydrogen) atoms. The van der Waals surface area contributed by atoms with E-state index in [1.807, 2.05) is 29.7 Å². The van der Waals surface area contributed by atoms with E-state index in [0.29, 0.717) is 16.5 Å². The predicted molar refractivity (Wildman–Crippen MR) is 80.3 cm³/mol. The molecule has 0 fully saturated rings. The highest BCUT2D eigenvalue weighted by atomic mass is 35.5. The molecule has 0 aliphatic heterocycles. The van der Waals surface area contributed by atoms with Crippen molar-refractivity contribution in [3.8, 4) is 5.69 Å². The monoisotopic (exact) mass is 308 g/mol. The molecule has 2 nitrogen and oxygen atoms in total. The van der Waals surface area contributed by atoms with E-state index >= 15 is 0 Å². The zero-order chi connectivity index (χ0) is 14.3. The fourth-order valence-electron chi connectivity index (χ4n) is 2.31. The molecule has 1 aromatic heterocycles. The number of nitrogens with zero attached hydrogens (tertiary/aromatic N) is 2. The standard InChI is InChI=1S/C15H11Cl2FN2/c1-9-3-2-4-13-15(9)19-14(8-16)20(13)12-6-5-10(18)7-11(12)17/h2-7H,8H2,1H3. The summed E-state index contributed by atoms with van der Waals surface area (Å²) < 4.78 is 15.1. The van der Waals surface area contributed by atoms with Crippen LogP contribution in [0.2, 0.25) is 5.02 Å². The van der Waals surface area contributed by atoms with Crippen LogP contribution in [0.3, 0.4) is 0 Å². The van der Waals surface area contributed by atoms with Gasteiger partial charge < -0.3 is 0 Å². The van der Waals surface area contributed by atoms with Gasteiger partial charge in [-0.25, -0.2) is 9.37 Å². The van der Waals surface area contributed by atoms with Crippen LogP contribution in [0.1, 0.15) is 11.4 Å². The minimum Gasteiger partial charge on any atom is -0.294 e. The van der Waals surface area contributed by atoms with Crippen molar-refractivity contribution in [2.45, 2.75) is 12.8 Å². The zero-order valence-electron chi connectivity index (χ0n) is 10.7. The van der Waals surface area contributed by atoms with Crippen LogP contribution in [0, 0.1) is 12.7 Å². The Morgan fingerprint density at radius 2 is 2.05 bits per heavy atom. The lowest BCUT2D eigenvalue weighted by atomic mass is 10.2. The summed E-state index contributed by atoms with van der Waals surface area (Å²) in [6, 6.07) is 10.2. The van der Waals surface area contributed by atoms with Crippen molar-refractivity contribution in [2.24, 2.45) is 0 Å². The van der Waals surface area contributed by atoms with E-state index in [9.17, 15) is 4.39 Å². The maximum absolute atomic E-state index is 13.2. The van der Waals surface area contributed by atoms with Crippen LogP contribution in [0.15, 0.2) is 36.4 Å². The molecule has 0 saturated heterocycles. The van der Waals surface area contributed by atoms with Crippen molar-refractivity contribution in [2.75, 3.05) is 0 Å². The number of benzene rings is 2. The summed E-state index contributed by atoms with van der Waals surface area (Å²) in [6.45, 7) is 1.99. The number of halogens is 3. The Morgan fingerprint density at radius 3 is 2.75 bits per heavy atom. The first-order valence-electron chi connectivity index (χ1n) is 6.10. The topological polar surface area (TPSA) is 17.8 Å². The van der Waals surface area contributed by atoms with Gasteiger partial charge in [0.05, 0.1) is 27.6 Å². The van der Waals surface area contributed by atoms with Crippen LogP contribution in [0.5, 0.6) is 0 Å². The van der Waals surface area contributed by atoms with Gasteiger partial charge in [-0.3, -0.25) is 4.57 Å². The number of hydrogen-bond donors (Lipinski definition) is 0. The van der Waals surface area contributed by atoms with E-state index in [-0.39, 0.29) is 11.7 Å². The summed E-state index contributed by atoms with van der Waals surface area (Å²) in [5, 5.41) is 0.331. The number of fused-ring (bicyclic) bond motifs is 1. The molecule has 0 saturated carbocycles. The Bertz CT molecular complexity index is 796. The van der Waals surface area contributed by atoms with Crippen molar-refractivity contribution in [3.63, 3.8) is 0 Å². The molecule has 0 bridgehead atoms. The smallest absolute Gasteiger partial charge is 0.129 e. The first-order valence-corrected chi connectivity index (χ1v) is 7.01. The first-order chi connectivity index (χ1) is 9.61. The van der Waals surface area contributed by atoms with E-state index in [1.165, 1.54) is 12.1 Å². The van der Waals surface area contributed by atoms with E-state index in [1.54, 1.807) is 6.07 Å². The minimum atomic E-state index is -0.369. The van der Waals surface area contributed by atoms with E-state index < -0.39 is 0 Å². The molecule has 0 spiro atoms. The molecule has 0 amide bonds. The summed E-state index contributed by atoms with van der Waals surface area (Å²) in [5.41, 5.74) is 3.53. The van der Waals surface area contributed by atoms with Gasteiger partial charge in [0.1, 0.15) is 11.6 Å². The van der Waals surface area contributed by atoms with Crippen LogP contribution in [-0.4, -0.2) is 9.55 Å². The summed E-state index contributed by atoms with van der Waals surface area (Å²) in [7, 11) is 0. The molecule has 3 aromatic rings. The largest absolute Gasteiger partial charge is 0.294 e. The molecule has 0 aliphatic carbocycles. The van der Waals surface area contributed by atoms with Gasteiger partial charge in [0.2, 0.25) is 0 Å². The number of para-hydroxylation sites is 1. The third-order valence-electron chi connectivity index (χ3n) is 3.23. The molecule has 0 radical (unpaired) electrons. The number of aromatic nitrogens is 2. The number of aryl methyl sites for hydroxylation is 1. The van der Waals surface area contributed by atoms with Crippen LogP contribution in [0.25, 0.3) is 16.7 Å². The van der Waals surface area contributed by atoms with Crippen LogP contribution in [0.4, 0.5) is 4.39 Å². The number of rotatable bonds is 2. The maximum atomic E-state index is 13.2. The lowest BCUT2D eigenvalue weighted by Crippen LogP contribution is -2.00. The average molecular weight is 309 g/mol. The fraction of sp³-hybridized carbons (Fsp3) is 0.133. The number of imidazole rings is 1. The SMILES string of the molecule is Cc1cccc2c1nc(CCl)n2-c1ccc(F)cc1Cl. The van der Waals surface area contributed by atoms with Gasteiger partial charge in [-0.1, -0.05) is 23.7 Å². The molecule has 5 heteroatoms. The van der Waals surface area contributed by atoms with Crippen molar-refractivity contribution in [1.82, 2.24) is 9.55 Å². The highest BCUT2D eigenvalue weighted by Crippen LogP contribution is 2.29. The van der Waals surface area contributed by atoms with Crippen LogP contribution >= 0.6 is 23.2 Å². The van der Waals surface area contributed by atoms with Crippen molar-refractivity contribution in [3.05, 3.63) is 58.6 Å². The first kappa shape index (κ1) is 13.4. The van der Waals surface area contributed by atoms with Gasteiger partial charge in [0.25, 0.3) is 0 Å². The molecule has 3 rings (SSSR count). The van der Waals surface area contributed by atoms with Crippen LogP contribution in [-0.2, 0) is 5.88 Å². The minimum absolute atomic E-state index is 0.252. The fourth-order valence-corrected chi connectivity index (χ4v) is 2.74. The third kappa shape index (κ3) is 2.07. The Hall–Kier alpha value is -1.58. The summed E-state index contributed by atoms with van der Waals surface area (Å²) >= 11 is 12.1. The predicted octanol–water partition coefficient (Wildman–Crippen LogP) is 4.87. The summed E-state index contributed by atoms with van der Waals surface area (Å²) in [5.74, 6) is 0.568. The molecule has 0 aliphatic rings. The molecular weight excluding hydrogens is 298 g/mol. The highest BCUT2D eigenvalue weighted by molar-refractivity contribution is 6.32. The molecule has 0 atom stereocenters. The van der Waals surface area contributed by atoms with Crippen LogP contribution < -0.4 is 0 Å². The van der Waals surface area contributed by atoms with E-state index in [2.05, 4.69) is 4.98 Å². The average Bonchev–Trinajstić information content (AvgIpc) is 2.79. The van der Waals surface area contributed by atoms with Gasteiger partial charge in [0.15, 0.2) is 0 Å². The van der Waals surface area contributed by atoms with E-state index in [4.69, 9.17) is 23.2 Å². The molecule has 0 unspecified atom stereocenters. The second-order valence-electron chi connectivity index (χ2n) is 4.54. The van der Waals surface area contributed by atoms with Gasteiger partial charge in [0, 0.05) is 0 Å². The zero-order valence-corrected chi connectivity index (χ0v) is 12.2. The number of hydrogen-bond acceptors (Lipinski definition) is 1. The lowest BCUT2D eigenvalue weighted by Gasteiger charge is -2.10. The summed E-state index contributed by atoms with van der Waals surface area (Å²) in [6.07, 6.45) is 0. The van der Waals surface area contributed by atoms with E-state index in [0.717, 1.165) is 16.6 Å². The van der Waals surface area contributed by atoms with Crippen molar-refractivity contribution < 1.29 is 4.39 Å². The van der Waals surface area contributed by atoms with Gasteiger partial charge in [-0.15, -0.1) is 11.6 Å². The molecule has 2 aromatic carbocycles. The van der Waals surface area contributed by atoms with Crippen molar-refractivity contribution >= 4 is 34.2 Å². The molecular formula is C15H11Cl2FN2. The second-order valence-corrected chi connectivity index (χ2v) is 5.21. The van der Waals surface area contributed by atoms with Gasteiger partial charge in [-0.05, 0) is 36.8 Å². The Morgan fingerprint density at radius 1 is 1.25 bits per heavy atom. The third-order valence-corrected chi connectivity index (χ3v) is 3.77.